The minimum atomic E-state index is -0.501. The zero-order valence-corrected chi connectivity index (χ0v) is 15.0. The molecule has 1 unspecified atom stereocenters. The molecule has 2 aromatic rings. The van der Waals surface area contributed by atoms with Crippen LogP contribution in [0, 0.1) is 5.92 Å². The lowest BCUT2D eigenvalue weighted by atomic mass is 10.1. The molecule has 2 aromatic carbocycles. The van der Waals surface area contributed by atoms with E-state index in [0.29, 0.717) is 24.4 Å². The molecule has 7 heteroatoms. The number of amides is 3. The van der Waals surface area contributed by atoms with E-state index in [1.807, 2.05) is 30.3 Å². The van der Waals surface area contributed by atoms with Crippen LogP contribution < -0.4 is 15.6 Å². The van der Waals surface area contributed by atoms with Crippen LogP contribution in [0.2, 0.25) is 0 Å². The van der Waals surface area contributed by atoms with E-state index < -0.39 is 11.8 Å². The number of hydrogen-bond acceptors (Lipinski definition) is 4. The van der Waals surface area contributed by atoms with Crippen LogP contribution in [-0.2, 0) is 16.1 Å². The smallest absolute Gasteiger partial charge is 0.273 e. The van der Waals surface area contributed by atoms with Crippen molar-refractivity contribution in [3.05, 3.63) is 65.7 Å². The number of hydrazine groups is 1. The highest BCUT2D eigenvalue weighted by atomic mass is 16.5. The summed E-state index contributed by atoms with van der Waals surface area (Å²) in [5, 5.41) is 0. The fourth-order valence-electron chi connectivity index (χ4n) is 3.02. The fraction of sp³-hybridized carbons (Fsp3) is 0.250. The molecule has 0 saturated carbocycles. The molecule has 2 N–H and O–H groups in total. The first-order valence-electron chi connectivity index (χ1n) is 8.63. The Kier molecular flexibility index (Phi) is 5.71. The summed E-state index contributed by atoms with van der Waals surface area (Å²) in [6, 6.07) is 16.3. The Labute approximate surface area is 157 Å². The second kappa shape index (κ2) is 8.35. The third kappa shape index (κ3) is 4.44. The Balaban J connectivity index is 1.54. The van der Waals surface area contributed by atoms with Crippen molar-refractivity contribution >= 4 is 17.7 Å². The van der Waals surface area contributed by atoms with Crippen LogP contribution in [-0.4, -0.2) is 36.3 Å². The van der Waals surface area contributed by atoms with E-state index >= 15 is 0 Å². The zero-order chi connectivity index (χ0) is 19.2. The summed E-state index contributed by atoms with van der Waals surface area (Å²) in [5.41, 5.74) is 6.11. The van der Waals surface area contributed by atoms with Crippen molar-refractivity contribution in [1.29, 1.82) is 0 Å². The van der Waals surface area contributed by atoms with Crippen LogP contribution in [0.3, 0.4) is 0 Å². The van der Waals surface area contributed by atoms with E-state index in [1.54, 1.807) is 29.2 Å². The van der Waals surface area contributed by atoms with Gasteiger partial charge in [-0.2, -0.15) is 0 Å². The first-order valence-corrected chi connectivity index (χ1v) is 8.63. The Morgan fingerprint density at radius 3 is 2.52 bits per heavy atom. The van der Waals surface area contributed by atoms with E-state index in [4.69, 9.17) is 4.74 Å². The Bertz CT molecular complexity index is 838. The van der Waals surface area contributed by atoms with Crippen molar-refractivity contribution < 1.29 is 19.1 Å². The molecule has 1 heterocycles. The largest absolute Gasteiger partial charge is 0.496 e. The molecule has 0 aromatic heterocycles. The van der Waals surface area contributed by atoms with Crippen LogP contribution in [0.25, 0.3) is 0 Å². The molecule has 1 aliphatic rings. The summed E-state index contributed by atoms with van der Waals surface area (Å²) in [4.78, 5) is 38.4. The van der Waals surface area contributed by atoms with Gasteiger partial charge in [0.2, 0.25) is 11.8 Å². The monoisotopic (exact) mass is 367 g/mol. The van der Waals surface area contributed by atoms with Gasteiger partial charge in [0.05, 0.1) is 18.6 Å². The predicted octanol–water partition coefficient (Wildman–Crippen LogP) is 1.50. The van der Waals surface area contributed by atoms with Gasteiger partial charge in [0, 0.05) is 19.5 Å². The standard InChI is InChI=1S/C20H21N3O4/c1-27-17-10-6-5-9-16(17)20(26)22-21-19(25)15-11-18(24)23(13-15)12-14-7-3-2-4-8-14/h2-10,15H,11-13H2,1H3,(H,21,25)(H,22,26). The zero-order valence-electron chi connectivity index (χ0n) is 15.0. The number of nitrogens with zero attached hydrogens (tertiary/aromatic N) is 1. The number of para-hydroxylation sites is 1. The molecule has 1 atom stereocenters. The lowest BCUT2D eigenvalue weighted by Gasteiger charge is -2.17. The molecule has 0 bridgehead atoms. The Morgan fingerprint density at radius 1 is 1.07 bits per heavy atom. The second-order valence-corrected chi connectivity index (χ2v) is 6.30. The van der Waals surface area contributed by atoms with Crippen molar-refractivity contribution in [3.8, 4) is 5.75 Å². The third-order valence-corrected chi connectivity index (χ3v) is 4.45. The first-order chi connectivity index (χ1) is 13.1. The maximum atomic E-state index is 12.3. The van der Waals surface area contributed by atoms with Crippen molar-refractivity contribution in [2.45, 2.75) is 13.0 Å². The minimum Gasteiger partial charge on any atom is -0.496 e. The van der Waals surface area contributed by atoms with E-state index in [1.165, 1.54) is 7.11 Å². The summed E-state index contributed by atoms with van der Waals surface area (Å²) in [6.07, 6.45) is 0.128. The quantitative estimate of drug-likeness (QED) is 0.784. The number of carbonyl (C=O) groups excluding carboxylic acids is 3. The van der Waals surface area contributed by atoms with E-state index in [0.717, 1.165) is 5.56 Å². The Hall–Kier alpha value is -3.35. The molecule has 7 nitrogen and oxygen atoms in total. The maximum Gasteiger partial charge on any atom is 0.273 e. The number of benzene rings is 2. The molecule has 0 spiro atoms. The third-order valence-electron chi connectivity index (χ3n) is 4.45. The van der Waals surface area contributed by atoms with Gasteiger partial charge >= 0.3 is 0 Å². The van der Waals surface area contributed by atoms with Gasteiger partial charge in [-0.05, 0) is 17.7 Å². The van der Waals surface area contributed by atoms with E-state index in [9.17, 15) is 14.4 Å². The normalized spacial score (nSPS) is 16.1. The minimum absolute atomic E-state index is 0.0740. The van der Waals surface area contributed by atoms with Gasteiger partial charge < -0.3 is 9.64 Å². The van der Waals surface area contributed by atoms with Crippen LogP contribution in [0.5, 0.6) is 5.75 Å². The highest BCUT2D eigenvalue weighted by Crippen LogP contribution is 2.20. The molecular weight excluding hydrogens is 346 g/mol. The number of methoxy groups -OCH3 is 1. The van der Waals surface area contributed by atoms with Gasteiger partial charge in [0.25, 0.3) is 5.91 Å². The summed E-state index contributed by atoms with van der Waals surface area (Å²) >= 11 is 0. The molecule has 1 aliphatic heterocycles. The molecular formula is C20H21N3O4. The molecule has 3 rings (SSSR count). The van der Waals surface area contributed by atoms with Gasteiger partial charge in [-0.15, -0.1) is 0 Å². The number of carbonyl (C=O) groups is 3. The number of likely N-dealkylation sites (tertiary alicyclic amines) is 1. The first kappa shape index (κ1) is 18.4. The maximum absolute atomic E-state index is 12.3. The predicted molar refractivity (Wildman–Crippen MR) is 98.6 cm³/mol. The lowest BCUT2D eigenvalue weighted by Crippen LogP contribution is -2.45. The SMILES string of the molecule is COc1ccccc1C(=O)NNC(=O)C1CC(=O)N(Cc2ccccc2)C1. The van der Waals surface area contributed by atoms with Gasteiger partial charge in [0.15, 0.2) is 0 Å². The van der Waals surface area contributed by atoms with Crippen molar-refractivity contribution in [2.24, 2.45) is 5.92 Å². The van der Waals surface area contributed by atoms with Crippen molar-refractivity contribution in [3.63, 3.8) is 0 Å². The average molecular weight is 367 g/mol. The molecule has 140 valence electrons. The van der Waals surface area contributed by atoms with Gasteiger partial charge in [-0.25, -0.2) is 0 Å². The van der Waals surface area contributed by atoms with Crippen LogP contribution in [0.4, 0.5) is 0 Å². The summed E-state index contributed by atoms with van der Waals surface area (Å²) in [5.74, 6) is -1.03. The van der Waals surface area contributed by atoms with Crippen molar-refractivity contribution in [1.82, 2.24) is 15.8 Å². The lowest BCUT2D eigenvalue weighted by molar-refractivity contribution is -0.129. The van der Waals surface area contributed by atoms with Crippen LogP contribution >= 0.6 is 0 Å². The topological polar surface area (TPSA) is 87.7 Å². The summed E-state index contributed by atoms with van der Waals surface area (Å²) in [7, 11) is 1.47. The van der Waals surface area contributed by atoms with Gasteiger partial charge in [0.1, 0.15) is 5.75 Å². The van der Waals surface area contributed by atoms with Gasteiger partial charge in [-0.3, -0.25) is 25.2 Å². The Morgan fingerprint density at radius 2 is 1.78 bits per heavy atom. The average Bonchev–Trinajstić information content (AvgIpc) is 3.07. The van der Waals surface area contributed by atoms with E-state index in [-0.39, 0.29) is 18.2 Å². The van der Waals surface area contributed by atoms with E-state index in [2.05, 4.69) is 10.9 Å². The summed E-state index contributed by atoms with van der Waals surface area (Å²) in [6.45, 7) is 0.793. The molecule has 1 fully saturated rings. The fourth-order valence-corrected chi connectivity index (χ4v) is 3.02. The molecule has 3 amide bonds. The van der Waals surface area contributed by atoms with Crippen LogP contribution in [0.15, 0.2) is 54.6 Å². The number of rotatable bonds is 5. The second-order valence-electron chi connectivity index (χ2n) is 6.30. The molecule has 1 saturated heterocycles. The van der Waals surface area contributed by atoms with Crippen LogP contribution in [0.1, 0.15) is 22.3 Å². The molecule has 0 radical (unpaired) electrons. The highest BCUT2D eigenvalue weighted by molar-refractivity contribution is 5.98. The molecule has 27 heavy (non-hydrogen) atoms. The summed E-state index contributed by atoms with van der Waals surface area (Å²) < 4.78 is 5.13. The van der Waals surface area contributed by atoms with Crippen molar-refractivity contribution in [2.75, 3.05) is 13.7 Å². The highest BCUT2D eigenvalue weighted by Gasteiger charge is 2.34. The number of ether oxygens (including phenoxy) is 1. The van der Waals surface area contributed by atoms with Gasteiger partial charge in [-0.1, -0.05) is 42.5 Å². The molecule has 0 aliphatic carbocycles. The number of nitrogens with one attached hydrogen (secondary N) is 2. The number of hydrogen-bond donors (Lipinski definition) is 2.